The van der Waals surface area contributed by atoms with Gasteiger partial charge in [-0.15, -0.1) is 10.2 Å². The summed E-state index contributed by atoms with van der Waals surface area (Å²) < 4.78 is 31.3. The summed E-state index contributed by atoms with van der Waals surface area (Å²) in [5, 5.41) is 24.2. The molecule has 3 aromatic heterocycles. The van der Waals surface area contributed by atoms with Crippen LogP contribution in [0.5, 0.6) is 11.5 Å². The van der Waals surface area contributed by atoms with Gasteiger partial charge in [-0.1, -0.05) is 0 Å². The van der Waals surface area contributed by atoms with E-state index in [2.05, 4.69) is 15.5 Å². The van der Waals surface area contributed by atoms with Gasteiger partial charge in [0.25, 0.3) is 5.82 Å². The van der Waals surface area contributed by atoms with Crippen LogP contribution in [0.25, 0.3) is 16.9 Å². The predicted octanol–water partition coefficient (Wildman–Crippen LogP) is 2.60. The maximum atomic E-state index is 14.7. The molecule has 0 amide bonds. The molecular weight excluding hydrogens is 415 g/mol. The molecule has 0 unspecified atom stereocenters. The first kappa shape index (κ1) is 18.9. The minimum Gasteiger partial charge on any atom is -0.711 e. The monoisotopic (exact) mass is 436 g/mol. The molecule has 6 rings (SSSR count). The number of pyridine rings is 1. The number of nitrogens with one attached hydrogen (secondary N) is 1. The molecule has 0 saturated heterocycles. The van der Waals surface area contributed by atoms with Crippen LogP contribution in [-0.4, -0.2) is 32.4 Å². The molecule has 9 nitrogen and oxygen atoms in total. The first-order chi connectivity index (χ1) is 15.5. The molecular formula is C22H21FN6O3. The summed E-state index contributed by atoms with van der Waals surface area (Å²) in [4.78, 5) is 0. The fourth-order valence-corrected chi connectivity index (χ4v) is 4.81. The summed E-state index contributed by atoms with van der Waals surface area (Å²) in [5.74, 6) is 2.12. The number of hydrogen-bond acceptors (Lipinski definition) is 6. The lowest BCUT2D eigenvalue weighted by molar-refractivity contribution is -0.618. The Bertz CT molecular complexity index is 1380. The van der Waals surface area contributed by atoms with Crippen molar-refractivity contribution in [3.8, 4) is 22.8 Å². The second-order valence-corrected chi connectivity index (χ2v) is 8.24. The average Bonchev–Trinajstić information content (AvgIpc) is 3.48. The van der Waals surface area contributed by atoms with E-state index in [-0.39, 0.29) is 18.3 Å². The molecule has 1 atom stereocenters. The predicted molar refractivity (Wildman–Crippen MR) is 113 cm³/mol. The van der Waals surface area contributed by atoms with Crippen LogP contribution in [0.2, 0.25) is 0 Å². The van der Waals surface area contributed by atoms with E-state index in [4.69, 9.17) is 9.47 Å². The topological polar surface area (TPSA) is 92.6 Å². The quantitative estimate of drug-likeness (QED) is 0.364. The fraction of sp³-hybridized carbons (Fsp3) is 0.318. The van der Waals surface area contributed by atoms with E-state index in [1.165, 1.54) is 6.07 Å². The summed E-state index contributed by atoms with van der Waals surface area (Å²) in [6, 6.07) is 4.99. The minimum absolute atomic E-state index is 0.0775. The van der Waals surface area contributed by atoms with Gasteiger partial charge in [-0.05, 0) is 18.2 Å². The van der Waals surface area contributed by atoms with Gasteiger partial charge in [-0.3, -0.25) is 4.40 Å². The molecule has 2 aliphatic heterocycles. The third kappa shape index (κ3) is 2.46. The molecule has 0 saturated carbocycles. The van der Waals surface area contributed by atoms with Crippen molar-refractivity contribution in [2.45, 2.75) is 26.3 Å². The van der Waals surface area contributed by atoms with Gasteiger partial charge in [-0.2, -0.15) is 0 Å². The van der Waals surface area contributed by atoms with Gasteiger partial charge in [-0.25, -0.2) is 13.7 Å². The first-order valence-corrected chi connectivity index (χ1v) is 10.4. The van der Waals surface area contributed by atoms with Crippen molar-refractivity contribution < 1.29 is 18.6 Å². The molecule has 1 aromatic carbocycles. The Morgan fingerprint density at radius 3 is 2.75 bits per heavy atom. The van der Waals surface area contributed by atoms with Gasteiger partial charge < -0.3 is 20.0 Å². The van der Waals surface area contributed by atoms with Crippen LogP contribution in [0.1, 0.15) is 28.6 Å². The largest absolute Gasteiger partial charge is 0.711 e. The summed E-state index contributed by atoms with van der Waals surface area (Å²) in [6.45, 7) is 4.58. The van der Waals surface area contributed by atoms with Crippen LogP contribution in [0.3, 0.4) is 0 Å². The lowest BCUT2D eigenvalue weighted by Gasteiger charge is -2.16. The zero-order valence-electron chi connectivity index (χ0n) is 17.8. The normalized spacial score (nSPS) is 16.9. The van der Waals surface area contributed by atoms with Crippen LogP contribution >= 0.6 is 0 Å². The van der Waals surface area contributed by atoms with Gasteiger partial charge in [0, 0.05) is 31.5 Å². The SMILES string of the molecule is Cc1c(-c2cc3c(n4cnnc24)NCc2c(F)ccc4c2[C@@H](CO4)CO3)n(C)c(C)[n+]1[O-]. The van der Waals surface area contributed by atoms with E-state index in [1.807, 2.05) is 17.7 Å². The smallest absolute Gasteiger partial charge is 0.256 e. The lowest BCUT2D eigenvalue weighted by Crippen LogP contribution is -2.30. The number of imidazole rings is 1. The highest BCUT2D eigenvalue weighted by Gasteiger charge is 2.32. The molecule has 4 aromatic rings. The standard InChI is InChI=1S/C22H21FN6O3/c1-11-20(27(3)12(2)29(11)30)14-6-18-22(28-10-25-26-21(14)28)24-7-15-16(23)4-5-17-19(15)13(8-31-17)9-32-18/h4-6,10,13,24H,7-9H2,1-3H3/t13-/m0/s1. The van der Waals surface area contributed by atoms with Crippen molar-refractivity contribution in [3.63, 3.8) is 0 Å². The Morgan fingerprint density at radius 1 is 1.22 bits per heavy atom. The maximum Gasteiger partial charge on any atom is 0.256 e. The van der Waals surface area contributed by atoms with Crippen LogP contribution in [0.15, 0.2) is 24.5 Å². The van der Waals surface area contributed by atoms with E-state index < -0.39 is 0 Å². The second-order valence-electron chi connectivity index (χ2n) is 8.24. The molecule has 32 heavy (non-hydrogen) atoms. The molecule has 2 aliphatic rings. The van der Waals surface area contributed by atoms with E-state index in [9.17, 15) is 9.60 Å². The van der Waals surface area contributed by atoms with Gasteiger partial charge in [0.05, 0.1) is 31.7 Å². The number of fused-ring (bicyclic) bond motifs is 3. The average molecular weight is 436 g/mol. The molecule has 0 bridgehead atoms. The number of hydrogen-bond donors (Lipinski definition) is 1. The molecule has 0 fully saturated rings. The number of anilines is 1. The van der Waals surface area contributed by atoms with E-state index in [0.717, 1.165) is 21.6 Å². The van der Waals surface area contributed by atoms with Crippen molar-refractivity contribution in [1.82, 2.24) is 19.2 Å². The van der Waals surface area contributed by atoms with Crippen LogP contribution in [0.4, 0.5) is 10.2 Å². The van der Waals surface area contributed by atoms with Gasteiger partial charge in [0.15, 0.2) is 28.6 Å². The fourth-order valence-electron chi connectivity index (χ4n) is 4.81. The summed E-state index contributed by atoms with van der Waals surface area (Å²) in [5.41, 5.74) is 4.04. The van der Waals surface area contributed by atoms with Crippen molar-refractivity contribution in [1.29, 1.82) is 0 Å². The van der Waals surface area contributed by atoms with Crippen molar-refractivity contribution in [2.24, 2.45) is 7.05 Å². The molecule has 0 aliphatic carbocycles. The highest BCUT2D eigenvalue weighted by molar-refractivity contribution is 5.81. The highest BCUT2D eigenvalue weighted by atomic mass is 19.1. The summed E-state index contributed by atoms with van der Waals surface area (Å²) in [7, 11) is 1.84. The van der Waals surface area contributed by atoms with Gasteiger partial charge in [0.2, 0.25) is 0 Å². The van der Waals surface area contributed by atoms with Crippen LogP contribution < -0.4 is 19.5 Å². The lowest BCUT2D eigenvalue weighted by atomic mass is 9.96. The number of aromatic nitrogens is 5. The third-order valence-electron chi connectivity index (χ3n) is 6.54. The number of rotatable bonds is 1. The van der Waals surface area contributed by atoms with Gasteiger partial charge >= 0.3 is 0 Å². The number of halogens is 1. The second kappa shape index (κ2) is 6.59. The van der Waals surface area contributed by atoms with E-state index in [1.54, 1.807) is 30.6 Å². The first-order valence-electron chi connectivity index (χ1n) is 10.4. The van der Waals surface area contributed by atoms with Crippen molar-refractivity contribution >= 4 is 11.5 Å². The maximum absolute atomic E-state index is 14.7. The summed E-state index contributed by atoms with van der Waals surface area (Å²) >= 11 is 0. The minimum atomic E-state index is -0.276. The Morgan fingerprint density at radius 2 is 2.00 bits per heavy atom. The molecule has 10 heteroatoms. The molecule has 0 spiro atoms. The number of benzene rings is 1. The van der Waals surface area contributed by atoms with E-state index in [0.29, 0.717) is 53.3 Å². The Labute approximate surface area is 182 Å². The molecule has 1 N–H and O–H groups in total. The Kier molecular flexibility index (Phi) is 3.89. The van der Waals surface area contributed by atoms with Gasteiger partial charge in [0.1, 0.15) is 17.9 Å². The van der Waals surface area contributed by atoms with Crippen molar-refractivity contribution in [3.05, 3.63) is 58.2 Å². The molecule has 0 radical (unpaired) electrons. The summed E-state index contributed by atoms with van der Waals surface area (Å²) in [6.07, 6.45) is 1.59. The Balaban J connectivity index is 1.55. The van der Waals surface area contributed by atoms with Crippen LogP contribution in [-0.2, 0) is 13.6 Å². The third-order valence-corrected chi connectivity index (χ3v) is 6.54. The zero-order chi connectivity index (χ0) is 22.1. The zero-order valence-corrected chi connectivity index (χ0v) is 17.8. The van der Waals surface area contributed by atoms with E-state index >= 15 is 0 Å². The van der Waals surface area contributed by atoms with Crippen LogP contribution in [0, 0.1) is 24.9 Å². The number of ether oxygens (including phenoxy) is 2. The number of nitrogens with zero attached hydrogens (tertiary/aromatic N) is 5. The molecule has 5 heterocycles. The Hall–Kier alpha value is -3.82. The van der Waals surface area contributed by atoms with Crippen molar-refractivity contribution in [2.75, 3.05) is 18.5 Å². The highest BCUT2D eigenvalue weighted by Crippen LogP contribution is 2.42. The molecule has 164 valence electrons.